The Morgan fingerprint density at radius 3 is 2.79 bits per heavy atom. The number of hydrogen-bond donors (Lipinski definition) is 0. The molecule has 1 amide bonds. The van der Waals surface area contributed by atoms with Gasteiger partial charge in [-0.2, -0.15) is 0 Å². The van der Waals surface area contributed by atoms with E-state index in [1.54, 1.807) is 0 Å². The van der Waals surface area contributed by atoms with Crippen molar-refractivity contribution in [2.75, 3.05) is 33.7 Å². The van der Waals surface area contributed by atoms with Crippen LogP contribution in [0.2, 0.25) is 0 Å². The lowest BCUT2D eigenvalue weighted by atomic mass is 9.90. The molecular weight excluding hydrogens is 236 g/mol. The summed E-state index contributed by atoms with van der Waals surface area (Å²) in [6, 6.07) is 0. The third kappa shape index (κ3) is 2.71. The fourth-order valence-electron chi connectivity index (χ4n) is 4.23. The summed E-state index contributed by atoms with van der Waals surface area (Å²) in [4.78, 5) is 17.1. The maximum Gasteiger partial charge on any atom is 0.226 e. The summed E-state index contributed by atoms with van der Waals surface area (Å²) in [6.07, 6.45) is 9.40. The van der Waals surface area contributed by atoms with Crippen molar-refractivity contribution in [1.82, 2.24) is 9.80 Å². The van der Waals surface area contributed by atoms with E-state index in [9.17, 15) is 4.79 Å². The maximum absolute atomic E-state index is 12.7. The lowest BCUT2D eigenvalue weighted by Crippen LogP contribution is -2.45. The van der Waals surface area contributed by atoms with E-state index in [4.69, 9.17) is 0 Å². The Labute approximate surface area is 116 Å². The van der Waals surface area contributed by atoms with E-state index in [0.717, 1.165) is 26.1 Å². The van der Waals surface area contributed by atoms with Crippen molar-refractivity contribution >= 4 is 5.91 Å². The smallest absolute Gasteiger partial charge is 0.226 e. The van der Waals surface area contributed by atoms with Gasteiger partial charge in [-0.25, -0.2) is 0 Å². The number of nitrogens with zero attached hydrogens (tertiary/aromatic N) is 2. The van der Waals surface area contributed by atoms with E-state index in [-0.39, 0.29) is 0 Å². The van der Waals surface area contributed by atoms with Crippen LogP contribution in [0, 0.1) is 23.7 Å². The third-order valence-electron chi connectivity index (χ3n) is 5.05. The molecule has 2 bridgehead atoms. The summed E-state index contributed by atoms with van der Waals surface area (Å²) in [6.45, 7) is 3.08. The van der Waals surface area contributed by atoms with E-state index < -0.39 is 0 Å². The average molecular weight is 262 g/mol. The van der Waals surface area contributed by atoms with Crippen molar-refractivity contribution in [3.63, 3.8) is 0 Å². The van der Waals surface area contributed by atoms with Crippen LogP contribution in [0.4, 0.5) is 0 Å². The Morgan fingerprint density at radius 2 is 2.16 bits per heavy atom. The molecule has 19 heavy (non-hydrogen) atoms. The Morgan fingerprint density at radius 1 is 1.32 bits per heavy atom. The van der Waals surface area contributed by atoms with Crippen molar-refractivity contribution < 1.29 is 4.79 Å². The van der Waals surface area contributed by atoms with Gasteiger partial charge in [0.05, 0.1) is 0 Å². The summed E-state index contributed by atoms with van der Waals surface area (Å²) in [5.41, 5.74) is 0. The number of rotatable bonds is 3. The molecule has 1 saturated heterocycles. The second-order valence-corrected chi connectivity index (χ2v) is 6.94. The number of fused-ring (bicyclic) bond motifs is 2. The molecule has 106 valence electrons. The van der Waals surface area contributed by atoms with Gasteiger partial charge in [-0.1, -0.05) is 12.2 Å². The van der Waals surface area contributed by atoms with E-state index in [0.29, 0.717) is 29.6 Å². The molecule has 3 heteroatoms. The van der Waals surface area contributed by atoms with Crippen molar-refractivity contribution in [2.45, 2.75) is 25.7 Å². The van der Waals surface area contributed by atoms with Crippen LogP contribution >= 0.6 is 0 Å². The number of allylic oxidation sites excluding steroid dienone is 2. The molecule has 1 heterocycles. The molecule has 0 aromatic heterocycles. The Balaban J connectivity index is 1.59. The first-order valence-electron chi connectivity index (χ1n) is 7.75. The summed E-state index contributed by atoms with van der Waals surface area (Å²) in [7, 11) is 4.25. The SMILES string of the molecule is CN(C)C[C@@H]1CCCN(C(=O)[C@@H]2C[C@@H]3C=C[C@H]2C3)C1. The lowest BCUT2D eigenvalue weighted by molar-refractivity contribution is -0.138. The van der Waals surface area contributed by atoms with Crippen LogP contribution in [-0.4, -0.2) is 49.4 Å². The van der Waals surface area contributed by atoms with Crippen LogP contribution in [0.25, 0.3) is 0 Å². The van der Waals surface area contributed by atoms with Gasteiger partial charge in [-0.05, 0) is 57.5 Å². The maximum atomic E-state index is 12.7. The quantitative estimate of drug-likeness (QED) is 0.726. The molecule has 3 aliphatic rings. The molecule has 0 spiro atoms. The number of carbonyl (C=O) groups excluding carboxylic acids is 1. The van der Waals surface area contributed by atoms with Gasteiger partial charge in [0, 0.05) is 25.6 Å². The van der Waals surface area contributed by atoms with Crippen molar-refractivity contribution in [3.05, 3.63) is 12.2 Å². The van der Waals surface area contributed by atoms with Crippen LogP contribution in [-0.2, 0) is 4.79 Å². The number of amides is 1. The topological polar surface area (TPSA) is 23.6 Å². The minimum Gasteiger partial charge on any atom is -0.342 e. The summed E-state index contributed by atoms with van der Waals surface area (Å²) < 4.78 is 0. The largest absolute Gasteiger partial charge is 0.342 e. The van der Waals surface area contributed by atoms with Gasteiger partial charge in [0.2, 0.25) is 5.91 Å². The van der Waals surface area contributed by atoms with Crippen LogP contribution in [0.5, 0.6) is 0 Å². The molecule has 0 aromatic carbocycles. The number of hydrogen-bond acceptors (Lipinski definition) is 2. The highest BCUT2D eigenvalue weighted by molar-refractivity contribution is 5.80. The first-order chi connectivity index (χ1) is 9.13. The van der Waals surface area contributed by atoms with Gasteiger partial charge in [0.25, 0.3) is 0 Å². The molecular formula is C16H26N2O. The van der Waals surface area contributed by atoms with Gasteiger partial charge in [0.1, 0.15) is 0 Å². The second kappa shape index (κ2) is 5.28. The van der Waals surface area contributed by atoms with Crippen LogP contribution in [0.15, 0.2) is 12.2 Å². The van der Waals surface area contributed by atoms with Crippen LogP contribution in [0.1, 0.15) is 25.7 Å². The first kappa shape index (κ1) is 13.2. The van der Waals surface area contributed by atoms with Crippen molar-refractivity contribution in [1.29, 1.82) is 0 Å². The molecule has 3 nitrogen and oxygen atoms in total. The van der Waals surface area contributed by atoms with E-state index in [1.165, 1.54) is 19.3 Å². The fourth-order valence-corrected chi connectivity index (χ4v) is 4.23. The predicted octanol–water partition coefficient (Wildman–Crippen LogP) is 2.00. The molecule has 3 rings (SSSR count). The van der Waals surface area contributed by atoms with Gasteiger partial charge in [0.15, 0.2) is 0 Å². The van der Waals surface area contributed by atoms with Gasteiger partial charge in [-0.3, -0.25) is 4.79 Å². The van der Waals surface area contributed by atoms with Gasteiger partial charge >= 0.3 is 0 Å². The number of likely N-dealkylation sites (tertiary alicyclic amines) is 1. The predicted molar refractivity (Wildman–Crippen MR) is 76.7 cm³/mol. The summed E-state index contributed by atoms with van der Waals surface area (Å²) in [5, 5.41) is 0. The standard InChI is InChI=1S/C16H26N2O/c1-17(2)10-13-4-3-7-18(11-13)16(19)15-9-12-5-6-14(15)8-12/h5-6,12-15H,3-4,7-11H2,1-2H3/t12-,13+,14+,15-/m1/s1. The molecule has 0 radical (unpaired) electrons. The average Bonchev–Trinajstić information content (AvgIpc) is 2.99. The Kier molecular flexibility index (Phi) is 3.66. The first-order valence-corrected chi connectivity index (χ1v) is 7.75. The fraction of sp³-hybridized carbons (Fsp3) is 0.812. The normalized spacial score (nSPS) is 37.3. The molecule has 0 unspecified atom stereocenters. The summed E-state index contributed by atoms with van der Waals surface area (Å²) in [5.74, 6) is 2.66. The van der Waals surface area contributed by atoms with Crippen LogP contribution in [0.3, 0.4) is 0 Å². The van der Waals surface area contributed by atoms with Crippen molar-refractivity contribution in [3.8, 4) is 0 Å². The van der Waals surface area contributed by atoms with E-state index >= 15 is 0 Å². The van der Waals surface area contributed by atoms with E-state index in [1.807, 2.05) is 0 Å². The Hall–Kier alpha value is -0.830. The zero-order valence-corrected chi connectivity index (χ0v) is 12.2. The number of piperidine rings is 1. The Bertz CT molecular complexity index is 377. The molecule has 1 aliphatic heterocycles. The zero-order valence-electron chi connectivity index (χ0n) is 12.2. The molecule has 2 fully saturated rings. The minimum absolute atomic E-state index is 0.299. The third-order valence-corrected chi connectivity index (χ3v) is 5.05. The van der Waals surface area contributed by atoms with Crippen molar-refractivity contribution in [2.24, 2.45) is 23.7 Å². The van der Waals surface area contributed by atoms with Gasteiger partial charge < -0.3 is 9.80 Å². The molecule has 1 saturated carbocycles. The molecule has 0 aromatic rings. The minimum atomic E-state index is 0.299. The molecule has 2 aliphatic carbocycles. The lowest BCUT2D eigenvalue weighted by Gasteiger charge is -2.36. The highest BCUT2D eigenvalue weighted by atomic mass is 16.2. The van der Waals surface area contributed by atoms with Crippen LogP contribution < -0.4 is 0 Å². The van der Waals surface area contributed by atoms with E-state index in [2.05, 4.69) is 36.0 Å². The zero-order chi connectivity index (χ0) is 13.4. The molecule has 4 atom stereocenters. The summed E-state index contributed by atoms with van der Waals surface area (Å²) >= 11 is 0. The monoisotopic (exact) mass is 262 g/mol. The highest BCUT2D eigenvalue weighted by Crippen LogP contribution is 2.44. The molecule has 0 N–H and O–H groups in total. The number of carbonyl (C=O) groups is 1. The highest BCUT2D eigenvalue weighted by Gasteiger charge is 2.42. The second-order valence-electron chi connectivity index (χ2n) is 6.94. The van der Waals surface area contributed by atoms with Gasteiger partial charge in [-0.15, -0.1) is 0 Å².